The van der Waals surface area contributed by atoms with Crippen LogP contribution in [0.5, 0.6) is 0 Å². The number of nitrogens with one attached hydrogen (secondary N) is 2. The average molecular weight is 423 g/mol. The predicted molar refractivity (Wildman–Crippen MR) is 110 cm³/mol. The maximum Gasteiger partial charge on any atom is 0.227 e. The van der Waals surface area contributed by atoms with Crippen molar-refractivity contribution in [3.8, 4) is 0 Å². The fraction of sp³-hybridized carbons (Fsp3) is 0.190. The lowest BCUT2D eigenvalue weighted by molar-refractivity contribution is -0.116. The highest BCUT2D eigenvalue weighted by Gasteiger charge is 2.15. The molecule has 0 radical (unpaired) electrons. The van der Waals surface area contributed by atoms with E-state index in [1.54, 1.807) is 6.20 Å². The van der Waals surface area contributed by atoms with Crippen LogP contribution in [0, 0.1) is 0 Å². The smallest absolute Gasteiger partial charge is 0.227 e. The minimum atomic E-state index is 0.0718. The summed E-state index contributed by atoms with van der Waals surface area (Å²) in [6, 6.07) is 16.3. The highest BCUT2D eigenvalue weighted by Crippen LogP contribution is 2.27. The number of carbonyl (C=O) groups is 1. The Hall–Kier alpha value is -2.73. The molecule has 1 aliphatic rings. The molecule has 0 fully saturated rings. The van der Waals surface area contributed by atoms with E-state index in [0.29, 0.717) is 12.4 Å². The monoisotopic (exact) mass is 422 g/mol. The molecule has 0 aliphatic carbocycles. The van der Waals surface area contributed by atoms with E-state index in [9.17, 15) is 4.79 Å². The molecular formula is C21H19BrN4O. The third-order valence-electron chi connectivity index (χ3n) is 4.57. The molecule has 2 heterocycles. The number of nitrogens with zero attached hydrogens (tertiary/aromatic N) is 2. The Balaban J connectivity index is 1.49. The summed E-state index contributed by atoms with van der Waals surface area (Å²) in [4.78, 5) is 20.5. The number of benzene rings is 2. The first-order valence-electron chi connectivity index (χ1n) is 8.92. The van der Waals surface area contributed by atoms with Crippen molar-refractivity contribution in [3.63, 3.8) is 0 Å². The van der Waals surface area contributed by atoms with Gasteiger partial charge < -0.3 is 10.6 Å². The van der Waals surface area contributed by atoms with Crippen molar-refractivity contribution in [2.75, 3.05) is 10.6 Å². The molecule has 0 atom stereocenters. The summed E-state index contributed by atoms with van der Waals surface area (Å²) >= 11 is 3.55. The van der Waals surface area contributed by atoms with Gasteiger partial charge in [-0.2, -0.15) is 0 Å². The van der Waals surface area contributed by atoms with Crippen LogP contribution in [0.25, 0.3) is 0 Å². The van der Waals surface area contributed by atoms with Crippen LogP contribution in [0.3, 0.4) is 0 Å². The third-order valence-corrected chi connectivity index (χ3v) is 5.23. The van der Waals surface area contributed by atoms with E-state index in [1.807, 2.05) is 24.3 Å². The maximum absolute atomic E-state index is 11.5. The quantitative estimate of drug-likeness (QED) is 0.627. The first-order valence-corrected chi connectivity index (χ1v) is 9.72. The summed E-state index contributed by atoms with van der Waals surface area (Å²) < 4.78 is 0.914. The van der Waals surface area contributed by atoms with Gasteiger partial charge in [0.05, 0.1) is 10.2 Å². The molecular weight excluding hydrogens is 404 g/mol. The Morgan fingerprint density at radius 3 is 2.78 bits per heavy atom. The molecule has 136 valence electrons. The van der Waals surface area contributed by atoms with Crippen LogP contribution in [-0.2, 0) is 24.1 Å². The van der Waals surface area contributed by atoms with E-state index in [1.165, 1.54) is 5.56 Å². The zero-order chi connectivity index (χ0) is 18.6. The SMILES string of the molecule is O=C1CCc2cc(Nc3ncc(Br)c(CCc4ccccc4)n3)ccc2N1. The van der Waals surface area contributed by atoms with Gasteiger partial charge in [0.15, 0.2) is 0 Å². The number of aromatic nitrogens is 2. The lowest BCUT2D eigenvalue weighted by Gasteiger charge is -2.18. The van der Waals surface area contributed by atoms with Crippen LogP contribution in [-0.4, -0.2) is 15.9 Å². The van der Waals surface area contributed by atoms with Crippen molar-refractivity contribution >= 4 is 39.2 Å². The topological polar surface area (TPSA) is 66.9 Å². The molecule has 1 aliphatic heterocycles. The molecule has 3 aromatic rings. The minimum absolute atomic E-state index is 0.0718. The summed E-state index contributed by atoms with van der Waals surface area (Å²) in [7, 11) is 0. The van der Waals surface area contributed by atoms with Crippen LogP contribution >= 0.6 is 15.9 Å². The van der Waals surface area contributed by atoms with Gasteiger partial charge in [0.25, 0.3) is 0 Å². The highest BCUT2D eigenvalue weighted by atomic mass is 79.9. The number of anilines is 3. The van der Waals surface area contributed by atoms with Gasteiger partial charge in [-0.15, -0.1) is 0 Å². The van der Waals surface area contributed by atoms with Crippen molar-refractivity contribution in [2.24, 2.45) is 0 Å². The maximum atomic E-state index is 11.5. The van der Waals surface area contributed by atoms with Crippen LogP contribution in [0.15, 0.2) is 59.2 Å². The molecule has 5 nitrogen and oxygen atoms in total. The predicted octanol–water partition coefficient (Wildman–Crippen LogP) is 4.65. The fourth-order valence-corrected chi connectivity index (χ4v) is 3.52. The van der Waals surface area contributed by atoms with Gasteiger partial charge in [-0.1, -0.05) is 30.3 Å². The number of carbonyl (C=O) groups excluding carboxylic acids is 1. The summed E-state index contributed by atoms with van der Waals surface area (Å²) in [5.41, 5.74) is 5.19. The van der Waals surface area contributed by atoms with E-state index in [0.717, 1.165) is 46.4 Å². The van der Waals surface area contributed by atoms with Crippen molar-refractivity contribution in [2.45, 2.75) is 25.7 Å². The third kappa shape index (κ3) is 4.34. The van der Waals surface area contributed by atoms with E-state index in [4.69, 9.17) is 0 Å². The van der Waals surface area contributed by atoms with Gasteiger partial charge in [-0.3, -0.25) is 4.79 Å². The molecule has 2 N–H and O–H groups in total. The zero-order valence-electron chi connectivity index (χ0n) is 14.7. The Morgan fingerprint density at radius 1 is 1.07 bits per heavy atom. The van der Waals surface area contributed by atoms with Crippen LogP contribution in [0.2, 0.25) is 0 Å². The standard InChI is InChI=1S/C21H19BrN4O/c22-17-13-23-21(26-19(17)9-6-14-4-2-1-3-5-14)24-16-8-10-18-15(12-16)7-11-20(27)25-18/h1-5,8,10,12-13H,6-7,9,11H2,(H,25,27)(H,23,24,26). The number of aryl methyl sites for hydroxylation is 3. The molecule has 0 unspecified atom stereocenters. The van der Waals surface area contributed by atoms with Crippen LogP contribution < -0.4 is 10.6 Å². The number of halogens is 1. The molecule has 2 aromatic carbocycles. The van der Waals surface area contributed by atoms with E-state index in [2.05, 4.69) is 60.8 Å². The molecule has 0 bridgehead atoms. The van der Waals surface area contributed by atoms with Crippen molar-refractivity contribution in [3.05, 3.63) is 76.0 Å². The van der Waals surface area contributed by atoms with Gasteiger partial charge >= 0.3 is 0 Å². The van der Waals surface area contributed by atoms with Crippen molar-refractivity contribution in [1.29, 1.82) is 0 Å². The number of fused-ring (bicyclic) bond motifs is 1. The van der Waals surface area contributed by atoms with Crippen LogP contribution in [0.1, 0.15) is 23.2 Å². The van der Waals surface area contributed by atoms with Crippen molar-refractivity contribution < 1.29 is 4.79 Å². The minimum Gasteiger partial charge on any atom is -0.326 e. The zero-order valence-corrected chi connectivity index (χ0v) is 16.3. The number of rotatable bonds is 5. The van der Waals surface area contributed by atoms with E-state index >= 15 is 0 Å². The van der Waals surface area contributed by atoms with Gasteiger partial charge in [-0.05, 0) is 64.5 Å². The Morgan fingerprint density at radius 2 is 1.93 bits per heavy atom. The second kappa shape index (κ2) is 7.88. The summed E-state index contributed by atoms with van der Waals surface area (Å²) in [5.74, 6) is 0.642. The Labute approximate surface area is 166 Å². The number of hydrogen-bond donors (Lipinski definition) is 2. The lowest BCUT2D eigenvalue weighted by Crippen LogP contribution is -2.18. The number of amides is 1. The largest absolute Gasteiger partial charge is 0.326 e. The van der Waals surface area contributed by atoms with E-state index < -0.39 is 0 Å². The van der Waals surface area contributed by atoms with Gasteiger partial charge in [-0.25, -0.2) is 9.97 Å². The molecule has 6 heteroatoms. The average Bonchev–Trinajstić information content (AvgIpc) is 2.69. The molecule has 0 saturated carbocycles. The second-order valence-corrected chi connectivity index (χ2v) is 7.37. The Bertz CT molecular complexity index is 975. The molecule has 27 heavy (non-hydrogen) atoms. The highest BCUT2D eigenvalue weighted by molar-refractivity contribution is 9.10. The summed E-state index contributed by atoms with van der Waals surface area (Å²) in [6.45, 7) is 0. The van der Waals surface area contributed by atoms with Crippen LogP contribution in [0.4, 0.5) is 17.3 Å². The Kier molecular flexibility index (Phi) is 5.16. The molecule has 4 rings (SSSR count). The first-order chi connectivity index (χ1) is 13.2. The van der Waals surface area contributed by atoms with Gasteiger partial charge in [0, 0.05) is 24.0 Å². The molecule has 0 saturated heterocycles. The number of hydrogen-bond acceptors (Lipinski definition) is 4. The van der Waals surface area contributed by atoms with Gasteiger partial charge in [0.1, 0.15) is 0 Å². The first kappa shape index (κ1) is 17.7. The molecule has 1 amide bonds. The van der Waals surface area contributed by atoms with Crippen molar-refractivity contribution in [1.82, 2.24) is 9.97 Å². The van der Waals surface area contributed by atoms with Gasteiger partial charge in [0.2, 0.25) is 11.9 Å². The normalized spacial score (nSPS) is 13.0. The summed E-state index contributed by atoms with van der Waals surface area (Å²) in [6.07, 6.45) is 4.82. The molecule has 0 spiro atoms. The second-order valence-electron chi connectivity index (χ2n) is 6.52. The molecule has 1 aromatic heterocycles. The lowest BCUT2D eigenvalue weighted by atomic mass is 10.0. The fourth-order valence-electron chi connectivity index (χ4n) is 3.14. The van der Waals surface area contributed by atoms with E-state index in [-0.39, 0.29) is 5.91 Å². The summed E-state index contributed by atoms with van der Waals surface area (Å²) in [5, 5.41) is 6.17.